The van der Waals surface area contributed by atoms with Gasteiger partial charge in [-0.1, -0.05) is 11.3 Å². The van der Waals surface area contributed by atoms with Gasteiger partial charge in [0.15, 0.2) is 0 Å². The van der Waals surface area contributed by atoms with Gasteiger partial charge < -0.3 is 5.32 Å². The quantitative estimate of drug-likeness (QED) is 0.805. The van der Waals surface area contributed by atoms with Crippen molar-refractivity contribution >= 4 is 16.6 Å². The van der Waals surface area contributed by atoms with Crippen LogP contribution >= 0.6 is 0 Å². The minimum Gasteiger partial charge on any atom is -0.383 e. The van der Waals surface area contributed by atoms with E-state index in [2.05, 4.69) is 20.6 Å². The Labute approximate surface area is 123 Å². The highest BCUT2D eigenvalue weighted by molar-refractivity contribution is 5.91. The van der Waals surface area contributed by atoms with Crippen molar-refractivity contribution in [1.29, 1.82) is 0 Å². The Morgan fingerprint density at radius 2 is 2.00 bits per heavy atom. The Morgan fingerprint density at radius 1 is 1.14 bits per heavy atom. The number of anilines is 1. The van der Waals surface area contributed by atoms with E-state index in [1.807, 2.05) is 0 Å². The number of hydrogen-bond donors (Lipinski definition) is 1. The van der Waals surface area contributed by atoms with Gasteiger partial charge in [0.05, 0.1) is 23.8 Å². The van der Waals surface area contributed by atoms with Crippen molar-refractivity contribution in [3.63, 3.8) is 0 Å². The molecular formula is C14H12F3N5. The molecule has 3 aromatic rings. The van der Waals surface area contributed by atoms with E-state index in [0.29, 0.717) is 24.0 Å². The second kappa shape index (κ2) is 5.63. The summed E-state index contributed by atoms with van der Waals surface area (Å²) in [4.78, 5) is 4.01. The first-order valence-electron chi connectivity index (χ1n) is 6.58. The third-order valence-corrected chi connectivity index (χ3v) is 3.20. The molecule has 114 valence electrons. The van der Waals surface area contributed by atoms with Crippen molar-refractivity contribution in [1.82, 2.24) is 20.0 Å². The van der Waals surface area contributed by atoms with E-state index in [1.54, 1.807) is 23.1 Å². The van der Waals surface area contributed by atoms with Crippen LogP contribution in [0.15, 0.2) is 42.9 Å². The monoisotopic (exact) mass is 307 g/mol. The Bertz CT molecular complexity index is 768. The summed E-state index contributed by atoms with van der Waals surface area (Å²) < 4.78 is 39.8. The van der Waals surface area contributed by atoms with Crippen LogP contribution in [0.25, 0.3) is 10.9 Å². The van der Waals surface area contributed by atoms with Crippen LogP contribution in [-0.4, -0.2) is 26.5 Å². The third kappa shape index (κ3) is 3.00. The molecule has 0 saturated heterocycles. The molecule has 8 heteroatoms. The van der Waals surface area contributed by atoms with E-state index in [4.69, 9.17) is 0 Å². The van der Waals surface area contributed by atoms with Crippen LogP contribution < -0.4 is 5.32 Å². The van der Waals surface area contributed by atoms with Gasteiger partial charge in [0.2, 0.25) is 0 Å². The number of fused-ring (bicyclic) bond motifs is 1. The molecule has 1 N–H and O–H groups in total. The van der Waals surface area contributed by atoms with E-state index in [9.17, 15) is 13.2 Å². The largest absolute Gasteiger partial charge is 0.416 e. The smallest absolute Gasteiger partial charge is 0.383 e. The van der Waals surface area contributed by atoms with Gasteiger partial charge in [-0.3, -0.25) is 9.67 Å². The van der Waals surface area contributed by atoms with E-state index in [0.717, 1.165) is 17.8 Å². The highest BCUT2D eigenvalue weighted by Crippen LogP contribution is 2.32. The third-order valence-electron chi connectivity index (χ3n) is 3.20. The van der Waals surface area contributed by atoms with Gasteiger partial charge in [-0.15, -0.1) is 5.10 Å². The molecule has 0 bridgehead atoms. The molecule has 3 rings (SSSR count). The zero-order chi connectivity index (χ0) is 15.6. The second-order valence-corrected chi connectivity index (χ2v) is 4.68. The first-order valence-corrected chi connectivity index (χ1v) is 6.58. The number of aromatic nitrogens is 4. The zero-order valence-electron chi connectivity index (χ0n) is 11.4. The SMILES string of the molecule is FC(F)(F)c1ccc2c(NCCn3ccnn3)ccnc2c1. The molecule has 0 aliphatic carbocycles. The Balaban J connectivity index is 1.81. The van der Waals surface area contributed by atoms with Gasteiger partial charge >= 0.3 is 6.18 Å². The Hall–Kier alpha value is -2.64. The molecule has 2 aromatic heterocycles. The van der Waals surface area contributed by atoms with Gasteiger partial charge in [-0.2, -0.15) is 13.2 Å². The standard InChI is InChI=1S/C14H12F3N5/c15-14(16,17)10-1-2-11-12(3-4-18-13(11)9-10)19-5-7-22-8-6-20-21-22/h1-4,6,8-9H,5,7H2,(H,18,19). The number of benzene rings is 1. The summed E-state index contributed by atoms with van der Waals surface area (Å²) in [5.41, 5.74) is 0.340. The molecule has 0 fully saturated rings. The summed E-state index contributed by atoms with van der Waals surface area (Å²) in [5, 5.41) is 11.4. The summed E-state index contributed by atoms with van der Waals surface area (Å²) in [6, 6.07) is 5.28. The Morgan fingerprint density at radius 3 is 2.73 bits per heavy atom. The molecule has 0 unspecified atom stereocenters. The predicted molar refractivity (Wildman–Crippen MR) is 75.3 cm³/mol. The van der Waals surface area contributed by atoms with Crippen LogP contribution in [0.2, 0.25) is 0 Å². The summed E-state index contributed by atoms with van der Waals surface area (Å²) in [6.07, 6.45) is 0.440. The van der Waals surface area contributed by atoms with Crippen molar-refractivity contribution in [3.05, 3.63) is 48.4 Å². The number of alkyl halides is 3. The molecule has 0 spiro atoms. The summed E-state index contributed by atoms with van der Waals surface area (Å²) in [7, 11) is 0. The highest BCUT2D eigenvalue weighted by atomic mass is 19.4. The highest BCUT2D eigenvalue weighted by Gasteiger charge is 2.30. The van der Waals surface area contributed by atoms with Crippen molar-refractivity contribution < 1.29 is 13.2 Å². The molecule has 2 heterocycles. The van der Waals surface area contributed by atoms with Gasteiger partial charge in [-0.25, -0.2) is 0 Å². The number of nitrogens with zero attached hydrogens (tertiary/aromatic N) is 4. The lowest BCUT2D eigenvalue weighted by atomic mass is 10.1. The molecule has 5 nitrogen and oxygen atoms in total. The molecule has 0 amide bonds. The predicted octanol–water partition coefficient (Wildman–Crippen LogP) is 2.96. The molecule has 22 heavy (non-hydrogen) atoms. The van der Waals surface area contributed by atoms with Crippen LogP contribution in [0.4, 0.5) is 18.9 Å². The van der Waals surface area contributed by atoms with Crippen molar-refractivity contribution in [2.75, 3.05) is 11.9 Å². The average Bonchev–Trinajstić information content (AvgIpc) is 2.99. The number of halogens is 3. The van der Waals surface area contributed by atoms with Crippen LogP contribution in [0, 0.1) is 0 Å². The maximum absolute atomic E-state index is 12.7. The zero-order valence-corrected chi connectivity index (χ0v) is 11.4. The fraction of sp³-hybridized carbons (Fsp3) is 0.214. The summed E-state index contributed by atoms with van der Waals surface area (Å²) >= 11 is 0. The average molecular weight is 307 g/mol. The number of pyridine rings is 1. The topological polar surface area (TPSA) is 55.6 Å². The minimum atomic E-state index is -4.37. The van der Waals surface area contributed by atoms with Crippen LogP contribution in [0.5, 0.6) is 0 Å². The van der Waals surface area contributed by atoms with E-state index in [1.165, 1.54) is 12.3 Å². The van der Waals surface area contributed by atoms with Crippen LogP contribution in [-0.2, 0) is 12.7 Å². The second-order valence-electron chi connectivity index (χ2n) is 4.68. The van der Waals surface area contributed by atoms with Gasteiger partial charge in [0, 0.05) is 30.0 Å². The van der Waals surface area contributed by atoms with Crippen molar-refractivity contribution in [2.24, 2.45) is 0 Å². The summed E-state index contributed by atoms with van der Waals surface area (Å²) in [5.74, 6) is 0. The fourth-order valence-corrected chi connectivity index (χ4v) is 2.14. The molecule has 0 aliphatic heterocycles. The van der Waals surface area contributed by atoms with E-state index < -0.39 is 11.7 Å². The molecule has 1 aromatic carbocycles. The lowest BCUT2D eigenvalue weighted by Gasteiger charge is -2.11. The molecule has 0 saturated carbocycles. The van der Waals surface area contributed by atoms with Crippen LogP contribution in [0.3, 0.4) is 0 Å². The fourth-order valence-electron chi connectivity index (χ4n) is 2.14. The lowest BCUT2D eigenvalue weighted by molar-refractivity contribution is -0.137. The van der Waals surface area contributed by atoms with Crippen LogP contribution in [0.1, 0.15) is 5.56 Å². The van der Waals surface area contributed by atoms with Gasteiger partial charge in [-0.05, 0) is 18.2 Å². The Kier molecular flexibility index (Phi) is 3.66. The number of hydrogen-bond acceptors (Lipinski definition) is 4. The van der Waals surface area contributed by atoms with Crippen molar-refractivity contribution in [3.8, 4) is 0 Å². The molecular weight excluding hydrogens is 295 g/mol. The van der Waals surface area contributed by atoms with Crippen molar-refractivity contribution in [2.45, 2.75) is 12.7 Å². The van der Waals surface area contributed by atoms with E-state index >= 15 is 0 Å². The molecule has 0 aliphatic rings. The van der Waals surface area contributed by atoms with E-state index in [-0.39, 0.29) is 0 Å². The maximum atomic E-state index is 12.7. The van der Waals surface area contributed by atoms with Gasteiger partial charge in [0.1, 0.15) is 0 Å². The first-order chi connectivity index (χ1) is 10.5. The van der Waals surface area contributed by atoms with Gasteiger partial charge in [0.25, 0.3) is 0 Å². The number of nitrogens with one attached hydrogen (secondary N) is 1. The molecule has 0 atom stereocenters. The maximum Gasteiger partial charge on any atom is 0.416 e. The number of rotatable bonds is 4. The lowest BCUT2D eigenvalue weighted by Crippen LogP contribution is -2.11. The first kappa shape index (κ1) is 14.3. The summed E-state index contributed by atoms with van der Waals surface area (Å²) in [6.45, 7) is 1.17. The molecule has 0 radical (unpaired) electrons. The normalized spacial score (nSPS) is 11.8. The minimum absolute atomic E-state index is 0.306.